The smallest absolute Gasteiger partial charge is 0.259 e. The summed E-state index contributed by atoms with van der Waals surface area (Å²) in [4.78, 5) is 34.1. The van der Waals surface area contributed by atoms with Crippen LogP contribution in [0.15, 0.2) is 49.1 Å². The lowest BCUT2D eigenvalue weighted by Gasteiger charge is -2.25. The maximum Gasteiger partial charge on any atom is 0.259 e. The van der Waals surface area contributed by atoms with E-state index >= 15 is 0 Å². The van der Waals surface area contributed by atoms with E-state index in [1.54, 1.807) is 25.6 Å². The summed E-state index contributed by atoms with van der Waals surface area (Å²) in [5, 5.41) is 3.87. The number of halogens is 1. The Kier molecular flexibility index (Phi) is 6.72. The molecule has 0 aliphatic carbocycles. The zero-order chi connectivity index (χ0) is 24.4. The van der Waals surface area contributed by atoms with Gasteiger partial charge in [-0.1, -0.05) is 11.6 Å². The predicted octanol–water partition coefficient (Wildman–Crippen LogP) is 4.78. The third kappa shape index (κ3) is 5.17. The lowest BCUT2D eigenvalue weighted by Crippen LogP contribution is -2.29. The molecule has 178 valence electrons. The molecular formula is C25H23ClN6O2S. The van der Waals surface area contributed by atoms with Gasteiger partial charge in [0.25, 0.3) is 5.91 Å². The molecule has 10 heteroatoms. The number of aromatic nitrogens is 4. The van der Waals surface area contributed by atoms with Crippen molar-refractivity contribution in [1.29, 1.82) is 0 Å². The Balaban J connectivity index is 1.37. The van der Waals surface area contributed by atoms with Crippen LogP contribution in [0.1, 0.15) is 32.2 Å². The van der Waals surface area contributed by atoms with E-state index in [1.807, 2.05) is 37.5 Å². The molecule has 0 radical (unpaired) electrons. The standard InChI is InChI=1S/C25H23ClN6O2S/c1-15-9-17(18-10-23(26)29-12-21(18)34-2)19(11-28-15)24(33)31-25-30-20-5-8-32(14-22(20)35-25)13-16-3-6-27-7-4-16/h3-4,6-7,9-12H,5,8,13-14H2,1-2H3,(H,30,31,33). The number of aryl methyl sites for hydroxylation is 1. The minimum absolute atomic E-state index is 0.290. The van der Waals surface area contributed by atoms with Crippen LogP contribution in [0.2, 0.25) is 5.15 Å². The summed E-state index contributed by atoms with van der Waals surface area (Å²) in [5.74, 6) is 0.232. The van der Waals surface area contributed by atoms with Gasteiger partial charge in [-0.15, -0.1) is 11.3 Å². The minimum Gasteiger partial charge on any atom is -0.494 e. The normalized spacial score (nSPS) is 13.3. The number of pyridine rings is 3. The van der Waals surface area contributed by atoms with Crippen molar-refractivity contribution in [3.63, 3.8) is 0 Å². The Morgan fingerprint density at radius 2 is 2.03 bits per heavy atom. The van der Waals surface area contributed by atoms with Crippen LogP contribution in [0.4, 0.5) is 5.13 Å². The van der Waals surface area contributed by atoms with E-state index in [0.29, 0.717) is 32.7 Å². The van der Waals surface area contributed by atoms with Gasteiger partial charge in [0.05, 0.1) is 24.6 Å². The highest BCUT2D eigenvalue weighted by atomic mass is 35.5. The lowest BCUT2D eigenvalue weighted by atomic mass is 10.0. The highest BCUT2D eigenvalue weighted by Crippen LogP contribution is 2.35. The van der Waals surface area contributed by atoms with Gasteiger partial charge in [-0.25, -0.2) is 9.97 Å². The molecule has 1 aliphatic rings. The molecule has 1 N–H and O–H groups in total. The summed E-state index contributed by atoms with van der Waals surface area (Å²) in [7, 11) is 1.56. The van der Waals surface area contributed by atoms with Gasteiger partial charge in [-0.3, -0.25) is 25.0 Å². The number of nitrogens with zero attached hydrogens (tertiary/aromatic N) is 5. The molecule has 0 atom stereocenters. The van der Waals surface area contributed by atoms with E-state index in [4.69, 9.17) is 21.3 Å². The van der Waals surface area contributed by atoms with Gasteiger partial charge >= 0.3 is 0 Å². The lowest BCUT2D eigenvalue weighted by molar-refractivity contribution is 0.102. The number of ether oxygens (including phenoxy) is 1. The fraction of sp³-hybridized carbons (Fsp3) is 0.240. The summed E-state index contributed by atoms with van der Waals surface area (Å²) in [6.07, 6.45) is 7.58. The van der Waals surface area contributed by atoms with Crippen molar-refractivity contribution in [3.05, 3.63) is 81.6 Å². The van der Waals surface area contributed by atoms with Gasteiger partial charge < -0.3 is 4.74 Å². The first-order valence-electron chi connectivity index (χ1n) is 11.1. The Morgan fingerprint density at radius 3 is 2.83 bits per heavy atom. The maximum atomic E-state index is 13.3. The first-order chi connectivity index (χ1) is 17.0. The zero-order valence-corrected chi connectivity index (χ0v) is 20.9. The minimum atomic E-state index is -0.290. The van der Waals surface area contributed by atoms with Crippen LogP contribution >= 0.6 is 22.9 Å². The number of carbonyl (C=O) groups excluding carboxylic acids is 1. The summed E-state index contributed by atoms with van der Waals surface area (Å²) in [6.45, 7) is 4.44. The zero-order valence-electron chi connectivity index (χ0n) is 19.3. The van der Waals surface area contributed by atoms with Crippen LogP contribution in [0.25, 0.3) is 11.1 Å². The fourth-order valence-electron chi connectivity index (χ4n) is 4.10. The molecule has 0 saturated carbocycles. The number of hydrogen-bond acceptors (Lipinski definition) is 8. The molecule has 0 bridgehead atoms. The number of thiazole rings is 1. The molecule has 5 rings (SSSR count). The van der Waals surface area contributed by atoms with E-state index < -0.39 is 0 Å². The van der Waals surface area contributed by atoms with Crippen LogP contribution in [0.5, 0.6) is 5.75 Å². The van der Waals surface area contributed by atoms with E-state index in [0.717, 1.165) is 37.4 Å². The van der Waals surface area contributed by atoms with Gasteiger partial charge in [0, 0.05) is 66.3 Å². The fourth-order valence-corrected chi connectivity index (χ4v) is 5.31. The van der Waals surface area contributed by atoms with Crippen molar-refractivity contribution >= 4 is 34.0 Å². The highest BCUT2D eigenvalue weighted by molar-refractivity contribution is 7.15. The number of nitrogens with one attached hydrogen (secondary N) is 1. The second kappa shape index (κ2) is 10.1. The number of fused-ring (bicyclic) bond motifs is 1. The number of carbonyl (C=O) groups is 1. The third-order valence-corrected chi connectivity index (χ3v) is 7.02. The van der Waals surface area contributed by atoms with Crippen LogP contribution in [0, 0.1) is 6.92 Å². The molecule has 0 unspecified atom stereocenters. The Morgan fingerprint density at radius 1 is 1.20 bits per heavy atom. The predicted molar refractivity (Wildman–Crippen MR) is 136 cm³/mol. The van der Waals surface area contributed by atoms with E-state index in [-0.39, 0.29) is 5.91 Å². The van der Waals surface area contributed by atoms with E-state index in [2.05, 4.69) is 25.2 Å². The molecule has 35 heavy (non-hydrogen) atoms. The molecule has 0 saturated heterocycles. The van der Waals surface area contributed by atoms with Crippen molar-refractivity contribution in [2.45, 2.75) is 26.4 Å². The monoisotopic (exact) mass is 506 g/mol. The van der Waals surface area contributed by atoms with Crippen molar-refractivity contribution in [1.82, 2.24) is 24.8 Å². The number of rotatable bonds is 6. The van der Waals surface area contributed by atoms with Gasteiger partial charge in [-0.2, -0.15) is 0 Å². The largest absolute Gasteiger partial charge is 0.494 e. The van der Waals surface area contributed by atoms with Crippen LogP contribution in [0.3, 0.4) is 0 Å². The summed E-state index contributed by atoms with van der Waals surface area (Å²) in [5.41, 5.74) is 4.79. The number of hydrogen-bond donors (Lipinski definition) is 1. The molecule has 4 aromatic rings. The van der Waals surface area contributed by atoms with Crippen molar-refractivity contribution in [3.8, 4) is 16.9 Å². The average Bonchev–Trinajstić information content (AvgIpc) is 3.26. The van der Waals surface area contributed by atoms with Crippen LogP contribution in [-0.4, -0.2) is 44.4 Å². The Hall–Kier alpha value is -3.40. The second-order valence-corrected chi connectivity index (χ2v) is 9.71. The van der Waals surface area contributed by atoms with E-state index in [1.165, 1.54) is 21.8 Å². The van der Waals surface area contributed by atoms with Crippen molar-refractivity contribution in [2.75, 3.05) is 19.0 Å². The number of amides is 1. The van der Waals surface area contributed by atoms with Crippen molar-refractivity contribution in [2.24, 2.45) is 0 Å². The summed E-state index contributed by atoms with van der Waals surface area (Å²) < 4.78 is 5.46. The first-order valence-corrected chi connectivity index (χ1v) is 12.3. The quantitative estimate of drug-likeness (QED) is 0.376. The highest BCUT2D eigenvalue weighted by Gasteiger charge is 2.23. The van der Waals surface area contributed by atoms with Gasteiger partial charge in [0.2, 0.25) is 0 Å². The molecule has 8 nitrogen and oxygen atoms in total. The SMILES string of the molecule is COc1cnc(Cl)cc1-c1cc(C)ncc1C(=O)Nc1nc2c(s1)CN(Cc1ccncc1)CC2. The van der Waals surface area contributed by atoms with Crippen LogP contribution < -0.4 is 10.1 Å². The molecule has 0 aromatic carbocycles. The summed E-state index contributed by atoms with van der Waals surface area (Å²) in [6, 6.07) is 7.59. The molecule has 4 aromatic heterocycles. The van der Waals surface area contributed by atoms with Crippen LogP contribution in [-0.2, 0) is 19.5 Å². The Labute approximate surface area is 212 Å². The second-order valence-electron chi connectivity index (χ2n) is 8.24. The third-order valence-electron chi connectivity index (χ3n) is 5.82. The molecular weight excluding hydrogens is 484 g/mol. The Bertz CT molecular complexity index is 1380. The van der Waals surface area contributed by atoms with Crippen molar-refractivity contribution < 1.29 is 9.53 Å². The molecule has 1 amide bonds. The molecule has 1 aliphatic heterocycles. The summed E-state index contributed by atoms with van der Waals surface area (Å²) >= 11 is 7.66. The number of anilines is 1. The number of methoxy groups -OCH3 is 1. The molecule has 5 heterocycles. The van der Waals surface area contributed by atoms with Gasteiger partial charge in [0.15, 0.2) is 5.13 Å². The molecule has 0 fully saturated rings. The first kappa shape index (κ1) is 23.3. The van der Waals surface area contributed by atoms with E-state index in [9.17, 15) is 4.79 Å². The van der Waals surface area contributed by atoms with Gasteiger partial charge in [0.1, 0.15) is 10.9 Å². The maximum absolute atomic E-state index is 13.3. The average molecular weight is 507 g/mol. The molecule has 0 spiro atoms. The van der Waals surface area contributed by atoms with Gasteiger partial charge in [-0.05, 0) is 36.8 Å². The topological polar surface area (TPSA) is 93.1 Å².